The minimum Gasteiger partial charge on any atom is -0.464 e. The van der Waals surface area contributed by atoms with Gasteiger partial charge in [0.1, 0.15) is 6.04 Å². The van der Waals surface area contributed by atoms with Crippen LogP contribution in [-0.4, -0.2) is 32.3 Å². The first-order valence-corrected chi connectivity index (χ1v) is 3.59. The highest BCUT2D eigenvalue weighted by Crippen LogP contribution is 1.87. The number of esters is 1. The van der Waals surface area contributed by atoms with Gasteiger partial charge in [0.05, 0.1) is 6.61 Å². The van der Waals surface area contributed by atoms with Gasteiger partial charge in [-0.25, -0.2) is 0 Å². The first kappa shape index (κ1) is 10.4. The summed E-state index contributed by atoms with van der Waals surface area (Å²) in [6, 6.07) is -0.530. The third-order valence-corrected chi connectivity index (χ3v) is 1.11. The summed E-state index contributed by atoms with van der Waals surface area (Å²) in [6.07, 6.45) is 0.717. The third-order valence-electron chi connectivity index (χ3n) is 1.11. The Kier molecular flexibility index (Phi) is 5.78. The molecule has 0 spiro atoms. The van der Waals surface area contributed by atoms with Crippen molar-refractivity contribution in [3.05, 3.63) is 0 Å². The van der Waals surface area contributed by atoms with Crippen molar-refractivity contribution in [3.8, 4) is 0 Å². The van der Waals surface area contributed by atoms with E-state index in [9.17, 15) is 4.79 Å². The Morgan fingerprint density at radius 3 is 2.64 bits per heavy atom. The maximum atomic E-state index is 10.7. The highest BCUT2D eigenvalue weighted by molar-refractivity contribution is 5.74. The van der Waals surface area contributed by atoms with Crippen LogP contribution in [0.25, 0.3) is 0 Å². The minimum absolute atomic E-state index is 0.360. The smallest absolute Gasteiger partial charge is 0.322 e. The highest BCUT2D eigenvalue weighted by atomic mass is 16.5. The Morgan fingerprint density at radius 2 is 2.18 bits per heavy atom. The molecule has 0 aromatic heterocycles. The molecule has 0 saturated carbocycles. The summed E-state index contributed by atoms with van der Waals surface area (Å²) in [7, 11) is 1.60. The molecular formula is C7H15NO3. The zero-order valence-corrected chi connectivity index (χ0v) is 7.00. The maximum Gasteiger partial charge on any atom is 0.322 e. The van der Waals surface area contributed by atoms with Crippen molar-refractivity contribution in [2.75, 3.05) is 20.3 Å². The molecule has 0 bridgehead atoms. The lowest BCUT2D eigenvalue weighted by atomic mass is 10.4. The van der Waals surface area contributed by atoms with Gasteiger partial charge in [-0.05, 0) is 6.92 Å². The summed E-state index contributed by atoms with van der Waals surface area (Å²) in [4.78, 5) is 10.7. The van der Waals surface area contributed by atoms with Gasteiger partial charge in [0.15, 0.2) is 0 Å². The SMILES string of the molecule is COCCCOC(=O)C(C)N. The van der Waals surface area contributed by atoms with Gasteiger partial charge in [-0.1, -0.05) is 0 Å². The molecule has 0 aliphatic heterocycles. The minimum atomic E-state index is -0.530. The topological polar surface area (TPSA) is 61.5 Å². The van der Waals surface area contributed by atoms with Gasteiger partial charge in [0.2, 0.25) is 0 Å². The number of carbonyl (C=O) groups excluding carboxylic acids is 1. The molecular weight excluding hydrogens is 146 g/mol. The van der Waals surface area contributed by atoms with Gasteiger partial charge in [-0.3, -0.25) is 4.79 Å². The van der Waals surface area contributed by atoms with Crippen molar-refractivity contribution < 1.29 is 14.3 Å². The third kappa shape index (κ3) is 5.82. The van der Waals surface area contributed by atoms with Crippen molar-refractivity contribution in [2.24, 2.45) is 5.73 Å². The highest BCUT2D eigenvalue weighted by Gasteiger charge is 2.06. The number of carbonyl (C=O) groups is 1. The van der Waals surface area contributed by atoms with Gasteiger partial charge in [-0.15, -0.1) is 0 Å². The number of rotatable bonds is 5. The summed E-state index contributed by atoms with van der Waals surface area (Å²) < 4.78 is 9.52. The Labute approximate surface area is 66.7 Å². The molecule has 0 amide bonds. The predicted octanol–water partition coefficient (Wildman–Crippen LogP) is -0.0867. The average Bonchev–Trinajstić information content (AvgIpc) is 1.97. The van der Waals surface area contributed by atoms with Gasteiger partial charge in [0.25, 0.3) is 0 Å². The summed E-state index contributed by atoms with van der Waals surface area (Å²) in [5, 5.41) is 0. The molecule has 1 unspecified atom stereocenters. The van der Waals surface area contributed by atoms with Gasteiger partial charge in [-0.2, -0.15) is 0 Å². The second-order valence-electron chi connectivity index (χ2n) is 2.30. The van der Waals surface area contributed by atoms with Crippen molar-refractivity contribution in [2.45, 2.75) is 19.4 Å². The monoisotopic (exact) mass is 161 g/mol. The number of nitrogens with two attached hydrogens (primary N) is 1. The molecule has 0 aliphatic carbocycles. The van der Waals surface area contributed by atoms with Crippen LogP contribution in [0.5, 0.6) is 0 Å². The van der Waals surface area contributed by atoms with Gasteiger partial charge in [0, 0.05) is 20.1 Å². The Hall–Kier alpha value is -0.610. The van der Waals surface area contributed by atoms with Crippen LogP contribution < -0.4 is 5.73 Å². The Bertz CT molecular complexity index is 114. The second-order valence-corrected chi connectivity index (χ2v) is 2.30. The molecule has 0 aromatic carbocycles. The van der Waals surface area contributed by atoms with E-state index >= 15 is 0 Å². The normalized spacial score (nSPS) is 12.6. The number of methoxy groups -OCH3 is 1. The van der Waals surface area contributed by atoms with E-state index in [1.165, 1.54) is 0 Å². The second kappa shape index (κ2) is 6.12. The predicted molar refractivity (Wildman–Crippen MR) is 41.1 cm³/mol. The van der Waals surface area contributed by atoms with E-state index in [4.69, 9.17) is 15.2 Å². The number of ether oxygens (including phenoxy) is 2. The van der Waals surface area contributed by atoms with Crippen molar-refractivity contribution >= 4 is 5.97 Å². The summed E-state index contributed by atoms with van der Waals surface area (Å²) in [5.41, 5.74) is 5.24. The van der Waals surface area contributed by atoms with Crippen molar-refractivity contribution in [3.63, 3.8) is 0 Å². The molecule has 1 atom stereocenters. The molecule has 0 aliphatic rings. The van der Waals surface area contributed by atoms with Crippen LogP contribution in [0, 0.1) is 0 Å². The summed E-state index contributed by atoms with van der Waals surface area (Å²) in [5.74, 6) is -0.360. The van der Waals surface area contributed by atoms with Gasteiger partial charge >= 0.3 is 5.97 Å². The van der Waals surface area contributed by atoms with Crippen LogP contribution in [-0.2, 0) is 14.3 Å². The molecule has 0 radical (unpaired) electrons. The maximum absolute atomic E-state index is 10.7. The molecule has 2 N–H and O–H groups in total. The fourth-order valence-corrected chi connectivity index (χ4v) is 0.507. The van der Waals surface area contributed by atoms with Crippen molar-refractivity contribution in [1.29, 1.82) is 0 Å². The van der Waals surface area contributed by atoms with Crippen LogP contribution in [0.1, 0.15) is 13.3 Å². The van der Waals surface area contributed by atoms with E-state index in [-0.39, 0.29) is 5.97 Å². The van der Waals surface area contributed by atoms with E-state index < -0.39 is 6.04 Å². The van der Waals surface area contributed by atoms with E-state index in [0.29, 0.717) is 13.2 Å². The van der Waals surface area contributed by atoms with E-state index in [0.717, 1.165) is 6.42 Å². The van der Waals surface area contributed by atoms with Crippen molar-refractivity contribution in [1.82, 2.24) is 0 Å². The Balaban J connectivity index is 3.18. The van der Waals surface area contributed by atoms with Crippen LogP contribution in [0.4, 0.5) is 0 Å². The fourth-order valence-electron chi connectivity index (χ4n) is 0.507. The molecule has 0 rings (SSSR count). The van der Waals surface area contributed by atoms with Crippen LogP contribution in [0.2, 0.25) is 0 Å². The molecule has 0 saturated heterocycles. The zero-order chi connectivity index (χ0) is 8.69. The van der Waals surface area contributed by atoms with Gasteiger partial charge < -0.3 is 15.2 Å². The lowest BCUT2D eigenvalue weighted by Gasteiger charge is -2.05. The summed E-state index contributed by atoms with van der Waals surface area (Å²) >= 11 is 0. The molecule has 4 heteroatoms. The van der Waals surface area contributed by atoms with E-state index in [2.05, 4.69) is 0 Å². The molecule has 11 heavy (non-hydrogen) atoms. The molecule has 0 fully saturated rings. The first-order valence-electron chi connectivity index (χ1n) is 3.59. The van der Waals surface area contributed by atoms with E-state index in [1.54, 1.807) is 14.0 Å². The average molecular weight is 161 g/mol. The quantitative estimate of drug-likeness (QED) is 0.452. The van der Waals surface area contributed by atoms with Crippen LogP contribution >= 0.6 is 0 Å². The lowest BCUT2D eigenvalue weighted by Crippen LogP contribution is -2.29. The Morgan fingerprint density at radius 1 is 1.55 bits per heavy atom. The molecule has 0 aromatic rings. The lowest BCUT2D eigenvalue weighted by molar-refractivity contribution is -0.145. The van der Waals surface area contributed by atoms with Crippen LogP contribution in [0.3, 0.4) is 0 Å². The number of hydrogen-bond donors (Lipinski definition) is 1. The molecule has 4 nitrogen and oxygen atoms in total. The zero-order valence-electron chi connectivity index (χ0n) is 7.00. The van der Waals surface area contributed by atoms with Crippen LogP contribution in [0.15, 0.2) is 0 Å². The molecule has 0 heterocycles. The van der Waals surface area contributed by atoms with E-state index in [1.807, 2.05) is 0 Å². The number of hydrogen-bond acceptors (Lipinski definition) is 4. The first-order chi connectivity index (χ1) is 5.18. The largest absolute Gasteiger partial charge is 0.464 e. The molecule has 66 valence electrons. The fraction of sp³-hybridized carbons (Fsp3) is 0.857. The standard InChI is InChI=1S/C7H15NO3/c1-6(8)7(9)11-5-3-4-10-2/h6H,3-5,8H2,1-2H3. The summed E-state index contributed by atoms with van der Waals surface area (Å²) in [6.45, 7) is 2.58.